The standard InChI is InChI=1S/C17H21N3O3S/c1-17(2,3)20-16(13-10-24(22)11-14(13)19-20)18-15(21)9-23-12-7-5-4-6-8-12/h4-8H,9-11H2,1-3H3,(H,18,21)/t24-/m0/s1. The normalized spacial score (nSPS) is 16.7. The van der Waals surface area contributed by atoms with E-state index in [9.17, 15) is 9.00 Å². The van der Waals surface area contributed by atoms with Crippen LogP contribution in [-0.4, -0.2) is 26.5 Å². The smallest absolute Gasteiger partial charge is 0.263 e. The minimum atomic E-state index is -0.940. The lowest BCUT2D eigenvalue weighted by Crippen LogP contribution is -2.29. The first kappa shape index (κ1) is 16.7. The number of rotatable bonds is 4. The Balaban J connectivity index is 1.76. The largest absolute Gasteiger partial charge is 0.484 e. The SMILES string of the molecule is CC(C)(C)n1nc2c(c1NC(=O)COc1ccccc1)C[S@](=O)C2. The van der Waals surface area contributed by atoms with Crippen molar-refractivity contribution in [1.29, 1.82) is 0 Å². The van der Waals surface area contributed by atoms with Crippen LogP contribution in [-0.2, 0) is 32.6 Å². The van der Waals surface area contributed by atoms with Gasteiger partial charge in [-0.1, -0.05) is 18.2 Å². The highest BCUT2D eigenvalue weighted by atomic mass is 32.2. The third-order valence-electron chi connectivity index (χ3n) is 3.68. The van der Waals surface area contributed by atoms with Gasteiger partial charge in [-0.05, 0) is 32.9 Å². The zero-order valence-electron chi connectivity index (χ0n) is 14.0. The van der Waals surface area contributed by atoms with Crippen molar-refractivity contribution < 1.29 is 13.7 Å². The Bertz CT molecular complexity index is 778. The van der Waals surface area contributed by atoms with Crippen LogP contribution in [0.15, 0.2) is 30.3 Å². The van der Waals surface area contributed by atoms with Crippen LogP contribution in [0.5, 0.6) is 5.75 Å². The number of para-hydroxylation sites is 1. The summed E-state index contributed by atoms with van der Waals surface area (Å²) in [5, 5.41) is 7.44. The molecule has 1 aromatic carbocycles. The number of carbonyl (C=O) groups is 1. The molecule has 1 N–H and O–H groups in total. The van der Waals surface area contributed by atoms with E-state index in [1.807, 2.05) is 39.0 Å². The van der Waals surface area contributed by atoms with E-state index < -0.39 is 10.8 Å². The number of amides is 1. The molecule has 1 aromatic heterocycles. The van der Waals surface area contributed by atoms with Crippen molar-refractivity contribution in [3.05, 3.63) is 41.6 Å². The first-order valence-electron chi connectivity index (χ1n) is 7.78. The number of carbonyl (C=O) groups excluding carboxylic acids is 1. The van der Waals surface area contributed by atoms with Crippen LogP contribution in [0.4, 0.5) is 5.82 Å². The summed E-state index contributed by atoms with van der Waals surface area (Å²) in [4.78, 5) is 12.3. The predicted octanol–water partition coefficient (Wildman–Crippen LogP) is 2.42. The van der Waals surface area contributed by atoms with Crippen LogP contribution in [0.25, 0.3) is 0 Å². The second-order valence-electron chi connectivity index (χ2n) is 6.73. The van der Waals surface area contributed by atoms with Crippen molar-refractivity contribution >= 4 is 22.5 Å². The molecular formula is C17H21N3O3S. The number of benzene rings is 1. The van der Waals surface area contributed by atoms with Crippen molar-refractivity contribution in [1.82, 2.24) is 9.78 Å². The summed E-state index contributed by atoms with van der Waals surface area (Å²) in [5.74, 6) is 1.89. The zero-order chi connectivity index (χ0) is 17.3. The first-order valence-corrected chi connectivity index (χ1v) is 9.27. The summed E-state index contributed by atoms with van der Waals surface area (Å²) in [6, 6.07) is 9.19. The van der Waals surface area contributed by atoms with Crippen LogP contribution >= 0.6 is 0 Å². The van der Waals surface area contributed by atoms with Crippen LogP contribution in [0.1, 0.15) is 32.0 Å². The lowest BCUT2D eigenvalue weighted by Gasteiger charge is -2.23. The summed E-state index contributed by atoms with van der Waals surface area (Å²) >= 11 is 0. The van der Waals surface area contributed by atoms with Crippen molar-refractivity contribution in [2.45, 2.75) is 37.8 Å². The Labute approximate surface area is 143 Å². The number of fused-ring (bicyclic) bond motifs is 1. The summed E-state index contributed by atoms with van der Waals surface area (Å²) in [6.45, 7) is 5.96. The van der Waals surface area contributed by atoms with Crippen LogP contribution in [0.2, 0.25) is 0 Å². The van der Waals surface area contributed by atoms with Crippen LogP contribution in [0, 0.1) is 0 Å². The topological polar surface area (TPSA) is 73.2 Å². The van der Waals surface area contributed by atoms with E-state index in [4.69, 9.17) is 4.74 Å². The maximum Gasteiger partial charge on any atom is 0.263 e. The van der Waals surface area contributed by atoms with E-state index >= 15 is 0 Å². The van der Waals surface area contributed by atoms with Gasteiger partial charge in [-0.3, -0.25) is 9.00 Å². The van der Waals surface area contributed by atoms with Gasteiger partial charge in [0.25, 0.3) is 5.91 Å². The number of hydrogen-bond donors (Lipinski definition) is 1. The van der Waals surface area contributed by atoms with Crippen LogP contribution < -0.4 is 10.1 Å². The van der Waals surface area contributed by atoms with Gasteiger partial charge in [0.05, 0.1) is 22.7 Å². The van der Waals surface area contributed by atoms with Crippen LogP contribution in [0.3, 0.4) is 0 Å². The molecule has 0 aliphatic carbocycles. The number of aromatic nitrogens is 2. The molecule has 1 aliphatic rings. The maximum absolute atomic E-state index is 12.3. The number of hydrogen-bond acceptors (Lipinski definition) is 4. The zero-order valence-corrected chi connectivity index (χ0v) is 14.9. The van der Waals surface area contributed by atoms with Gasteiger partial charge in [-0.2, -0.15) is 5.10 Å². The fraction of sp³-hybridized carbons (Fsp3) is 0.412. The minimum Gasteiger partial charge on any atom is -0.484 e. The Morgan fingerprint density at radius 3 is 2.67 bits per heavy atom. The number of anilines is 1. The van der Waals surface area contributed by atoms with Gasteiger partial charge in [-0.25, -0.2) is 4.68 Å². The molecule has 2 aromatic rings. The second kappa shape index (κ2) is 6.39. The molecule has 0 fully saturated rings. The van der Waals surface area contributed by atoms with Crippen molar-refractivity contribution in [2.24, 2.45) is 0 Å². The van der Waals surface area contributed by atoms with Gasteiger partial charge >= 0.3 is 0 Å². The fourth-order valence-electron chi connectivity index (χ4n) is 2.58. The van der Waals surface area contributed by atoms with Gasteiger partial charge in [0.2, 0.25) is 0 Å². The summed E-state index contributed by atoms with van der Waals surface area (Å²) < 4.78 is 19.1. The minimum absolute atomic E-state index is 0.0861. The molecule has 1 aliphatic heterocycles. The van der Waals surface area contributed by atoms with Gasteiger partial charge in [0.15, 0.2) is 6.61 Å². The molecular weight excluding hydrogens is 326 g/mol. The number of nitrogens with zero attached hydrogens (tertiary/aromatic N) is 2. The molecule has 0 bridgehead atoms. The third kappa shape index (κ3) is 3.51. The van der Waals surface area contributed by atoms with E-state index in [0.29, 0.717) is 23.1 Å². The first-order chi connectivity index (χ1) is 11.3. The molecule has 1 amide bonds. The Morgan fingerprint density at radius 1 is 1.29 bits per heavy atom. The molecule has 6 nitrogen and oxygen atoms in total. The highest BCUT2D eigenvalue weighted by Crippen LogP contribution is 2.32. The third-order valence-corrected chi connectivity index (χ3v) is 4.88. The van der Waals surface area contributed by atoms with Crippen molar-refractivity contribution in [3.63, 3.8) is 0 Å². The van der Waals surface area contributed by atoms with Gasteiger partial charge in [0.1, 0.15) is 11.6 Å². The fourth-order valence-corrected chi connectivity index (χ4v) is 3.84. The molecule has 3 rings (SSSR count). The molecule has 2 heterocycles. The van der Waals surface area contributed by atoms with E-state index in [0.717, 1.165) is 11.3 Å². The molecule has 0 spiro atoms. The lowest BCUT2D eigenvalue weighted by atomic mass is 10.1. The van der Waals surface area contributed by atoms with Gasteiger partial charge < -0.3 is 10.1 Å². The van der Waals surface area contributed by atoms with E-state index in [1.54, 1.807) is 16.8 Å². The molecule has 128 valence electrons. The van der Waals surface area contributed by atoms with Gasteiger partial charge in [-0.15, -0.1) is 0 Å². The quantitative estimate of drug-likeness (QED) is 0.922. The second-order valence-corrected chi connectivity index (χ2v) is 8.19. The average molecular weight is 347 g/mol. The lowest BCUT2D eigenvalue weighted by molar-refractivity contribution is -0.118. The summed E-state index contributed by atoms with van der Waals surface area (Å²) in [5.41, 5.74) is 1.40. The Kier molecular flexibility index (Phi) is 4.45. The van der Waals surface area contributed by atoms with Crippen molar-refractivity contribution in [3.8, 4) is 5.75 Å². The Morgan fingerprint density at radius 2 is 2.00 bits per heavy atom. The van der Waals surface area contributed by atoms with E-state index in [-0.39, 0.29) is 18.1 Å². The van der Waals surface area contributed by atoms with Gasteiger partial charge in [0, 0.05) is 16.4 Å². The maximum atomic E-state index is 12.3. The molecule has 24 heavy (non-hydrogen) atoms. The molecule has 0 saturated heterocycles. The molecule has 0 radical (unpaired) electrons. The number of nitrogens with one attached hydrogen (secondary N) is 1. The summed E-state index contributed by atoms with van der Waals surface area (Å²) in [7, 11) is -0.940. The number of ether oxygens (including phenoxy) is 1. The molecule has 7 heteroatoms. The Hall–Kier alpha value is -2.15. The molecule has 0 saturated carbocycles. The monoisotopic (exact) mass is 347 g/mol. The highest BCUT2D eigenvalue weighted by Gasteiger charge is 2.31. The highest BCUT2D eigenvalue weighted by molar-refractivity contribution is 7.83. The molecule has 0 unspecified atom stereocenters. The van der Waals surface area contributed by atoms with E-state index in [2.05, 4.69) is 10.4 Å². The average Bonchev–Trinajstić information content (AvgIpc) is 3.03. The van der Waals surface area contributed by atoms with E-state index in [1.165, 1.54) is 0 Å². The summed E-state index contributed by atoms with van der Waals surface area (Å²) in [6.07, 6.45) is 0. The predicted molar refractivity (Wildman–Crippen MR) is 93.3 cm³/mol. The van der Waals surface area contributed by atoms with Crippen molar-refractivity contribution in [2.75, 3.05) is 11.9 Å². The molecule has 1 atom stereocenters.